The average molecular weight is 377 g/mol. The molecule has 0 aliphatic heterocycles. The molecule has 1 aliphatic carbocycles. The van der Waals surface area contributed by atoms with Crippen molar-refractivity contribution in [1.29, 1.82) is 0 Å². The average Bonchev–Trinajstić information content (AvgIpc) is 1.98. The zero-order valence-electron chi connectivity index (χ0n) is 7.23. The van der Waals surface area contributed by atoms with Crippen LogP contribution in [0, 0.1) is 5.41 Å². The monoisotopic (exact) mass is 374 g/mol. The van der Waals surface area contributed by atoms with Crippen LogP contribution in [-0.4, -0.2) is 19.6 Å². The molecule has 1 saturated carbocycles. The van der Waals surface area contributed by atoms with Crippen molar-refractivity contribution in [3.63, 3.8) is 0 Å². The minimum absolute atomic E-state index is 0.113. The van der Waals surface area contributed by atoms with E-state index >= 15 is 0 Å². The molecular weight excluding hydrogens is 368 g/mol. The fourth-order valence-corrected chi connectivity index (χ4v) is 3.12. The molecule has 13 heavy (non-hydrogen) atoms. The van der Waals surface area contributed by atoms with E-state index in [1.54, 1.807) is 0 Å². The van der Waals surface area contributed by atoms with Gasteiger partial charge in [-0.25, -0.2) is 0 Å². The first-order valence-electron chi connectivity index (χ1n) is 3.79. The standard InChI is InChI=1S/C8H9Br3O2/c1-7(2)3-4(12)8(10,11)6(13)5(7)9/h5H,3H2,1-2H3. The van der Waals surface area contributed by atoms with E-state index in [2.05, 4.69) is 47.8 Å². The van der Waals surface area contributed by atoms with Crippen LogP contribution < -0.4 is 0 Å². The van der Waals surface area contributed by atoms with Crippen LogP contribution in [0.25, 0.3) is 0 Å². The maximum atomic E-state index is 11.7. The summed E-state index contributed by atoms with van der Waals surface area (Å²) in [7, 11) is 0. The smallest absolute Gasteiger partial charge is 0.197 e. The molecule has 1 rings (SSSR count). The molecule has 0 spiro atoms. The molecule has 5 heteroatoms. The summed E-state index contributed by atoms with van der Waals surface area (Å²) in [6.45, 7) is 3.80. The highest BCUT2D eigenvalue weighted by atomic mass is 79.9. The fourth-order valence-electron chi connectivity index (χ4n) is 1.27. The maximum Gasteiger partial charge on any atom is 0.197 e. The lowest BCUT2D eigenvalue weighted by atomic mass is 9.76. The van der Waals surface area contributed by atoms with Gasteiger partial charge in [-0.2, -0.15) is 0 Å². The number of Topliss-reactive ketones (excluding diaryl/α,β-unsaturated/α-hetero) is 2. The molecule has 0 heterocycles. The first kappa shape index (κ1) is 11.9. The predicted octanol–water partition coefficient (Wildman–Crippen LogP) is 2.80. The maximum absolute atomic E-state index is 11.7. The van der Waals surface area contributed by atoms with Gasteiger partial charge in [-0.05, 0) is 5.41 Å². The second kappa shape index (κ2) is 3.42. The van der Waals surface area contributed by atoms with E-state index < -0.39 is 3.23 Å². The van der Waals surface area contributed by atoms with E-state index in [1.165, 1.54) is 0 Å². The van der Waals surface area contributed by atoms with Crippen LogP contribution in [0.4, 0.5) is 0 Å². The van der Waals surface area contributed by atoms with Crippen LogP contribution in [0.3, 0.4) is 0 Å². The van der Waals surface area contributed by atoms with Gasteiger partial charge < -0.3 is 0 Å². The normalized spacial score (nSPS) is 31.9. The number of halogens is 3. The molecular formula is C8H9Br3O2. The molecule has 1 fully saturated rings. The van der Waals surface area contributed by atoms with Crippen molar-refractivity contribution >= 4 is 59.4 Å². The molecule has 74 valence electrons. The summed E-state index contributed by atoms with van der Waals surface area (Å²) in [5, 5.41) is 0. The molecule has 0 saturated heterocycles. The van der Waals surface area contributed by atoms with Gasteiger partial charge >= 0.3 is 0 Å². The number of hydrogen-bond acceptors (Lipinski definition) is 2. The number of carbonyl (C=O) groups is 2. The summed E-state index contributed by atoms with van der Waals surface area (Å²) in [6, 6.07) is 0. The third-order valence-corrected chi connectivity index (χ3v) is 5.51. The van der Waals surface area contributed by atoms with Gasteiger partial charge in [0.25, 0.3) is 0 Å². The fraction of sp³-hybridized carbons (Fsp3) is 0.750. The molecule has 0 radical (unpaired) electrons. The molecule has 0 N–H and O–H groups in total. The van der Waals surface area contributed by atoms with Crippen LogP contribution in [-0.2, 0) is 9.59 Å². The van der Waals surface area contributed by atoms with Crippen LogP contribution in [0.15, 0.2) is 0 Å². The summed E-state index contributed by atoms with van der Waals surface area (Å²) in [5.74, 6) is -0.271. The van der Waals surface area contributed by atoms with Gasteiger partial charge in [0.05, 0.1) is 4.83 Å². The Kier molecular flexibility index (Phi) is 3.12. The van der Waals surface area contributed by atoms with Crippen LogP contribution in [0.2, 0.25) is 0 Å². The SMILES string of the molecule is CC1(C)CC(=O)C(Br)(Br)C(=O)C1Br. The summed E-state index contributed by atoms with van der Waals surface area (Å²) < 4.78 is -1.18. The third kappa shape index (κ3) is 1.92. The van der Waals surface area contributed by atoms with Gasteiger partial charge in [0, 0.05) is 6.42 Å². The summed E-state index contributed by atoms with van der Waals surface area (Å²) in [6.07, 6.45) is 0.380. The lowest BCUT2D eigenvalue weighted by Crippen LogP contribution is -2.52. The lowest BCUT2D eigenvalue weighted by molar-refractivity contribution is -0.132. The van der Waals surface area contributed by atoms with E-state index in [0.29, 0.717) is 6.42 Å². The second-order valence-electron chi connectivity index (χ2n) is 3.89. The molecule has 0 aromatic carbocycles. The van der Waals surface area contributed by atoms with E-state index in [4.69, 9.17) is 0 Å². The molecule has 0 aromatic heterocycles. The summed E-state index contributed by atoms with van der Waals surface area (Å²) >= 11 is 9.52. The van der Waals surface area contributed by atoms with Gasteiger partial charge in [0.1, 0.15) is 0 Å². The second-order valence-corrected chi connectivity index (χ2v) is 8.25. The van der Waals surface area contributed by atoms with Gasteiger partial charge in [0.15, 0.2) is 14.8 Å². The molecule has 0 aromatic rings. The van der Waals surface area contributed by atoms with Crippen molar-refractivity contribution in [1.82, 2.24) is 0 Å². The van der Waals surface area contributed by atoms with Crippen molar-refractivity contribution in [3.05, 3.63) is 0 Å². The van der Waals surface area contributed by atoms with Crippen molar-refractivity contribution < 1.29 is 9.59 Å². The quantitative estimate of drug-likeness (QED) is 0.481. The Hall–Kier alpha value is 0.780. The molecule has 0 bridgehead atoms. The Balaban J connectivity index is 3.07. The Labute approximate surface area is 102 Å². The zero-order valence-corrected chi connectivity index (χ0v) is 12.0. The largest absolute Gasteiger partial charge is 0.297 e. The Morgan fingerprint density at radius 3 is 2.23 bits per heavy atom. The number of ketones is 2. The minimum Gasteiger partial charge on any atom is -0.297 e. The van der Waals surface area contributed by atoms with Gasteiger partial charge in [-0.3, -0.25) is 9.59 Å². The first-order valence-corrected chi connectivity index (χ1v) is 6.29. The highest BCUT2D eigenvalue weighted by Gasteiger charge is 2.53. The number of carbonyl (C=O) groups excluding carboxylic acids is 2. The predicted molar refractivity (Wildman–Crippen MR) is 61.7 cm³/mol. The summed E-state index contributed by atoms with van der Waals surface area (Å²) in [4.78, 5) is 23.0. The third-order valence-electron chi connectivity index (χ3n) is 2.19. The number of rotatable bonds is 0. The summed E-state index contributed by atoms with van der Waals surface area (Å²) in [5.41, 5.74) is -0.306. The van der Waals surface area contributed by atoms with Crippen molar-refractivity contribution in [2.45, 2.75) is 28.3 Å². The Morgan fingerprint density at radius 1 is 1.31 bits per heavy atom. The topological polar surface area (TPSA) is 34.1 Å². The Bertz CT molecular complexity index is 271. The molecule has 2 nitrogen and oxygen atoms in total. The van der Waals surface area contributed by atoms with Crippen LogP contribution in [0.5, 0.6) is 0 Å². The van der Waals surface area contributed by atoms with Crippen molar-refractivity contribution in [2.24, 2.45) is 5.41 Å². The highest BCUT2D eigenvalue weighted by Crippen LogP contribution is 2.46. The van der Waals surface area contributed by atoms with Crippen LogP contribution in [0.1, 0.15) is 20.3 Å². The van der Waals surface area contributed by atoms with Gasteiger partial charge in [0.2, 0.25) is 0 Å². The zero-order chi connectivity index (χ0) is 10.4. The number of alkyl halides is 3. The molecule has 1 atom stereocenters. The molecule has 1 aliphatic rings. The van der Waals surface area contributed by atoms with E-state index in [0.717, 1.165) is 0 Å². The Morgan fingerprint density at radius 2 is 1.77 bits per heavy atom. The highest BCUT2D eigenvalue weighted by molar-refractivity contribution is 9.26. The first-order chi connectivity index (χ1) is 5.69. The van der Waals surface area contributed by atoms with Crippen molar-refractivity contribution in [3.8, 4) is 0 Å². The minimum atomic E-state index is -1.18. The van der Waals surface area contributed by atoms with Crippen LogP contribution >= 0.6 is 47.8 Å². The number of hydrogen-bond donors (Lipinski definition) is 0. The lowest BCUT2D eigenvalue weighted by Gasteiger charge is -2.38. The molecule has 1 unspecified atom stereocenters. The van der Waals surface area contributed by atoms with E-state index in [9.17, 15) is 9.59 Å². The van der Waals surface area contributed by atoms with Crippen molar-refractivity contribution in [2.75, 3.05) is 0 Å². The van der Waals surface area contributed by atoms with E-state index in [1.807, 2.05) is 13.8 Å². The van der Waals surface area contributed by atoms with Gasteiger partial charge in [-0.1, -0.05) is 61.6 Å². The van der Waals surface area contributed by atoms with Gasteiger partial charge in [-0.15, -0.1) is 0 Å². The van der Waals surface area contributed by atoms with E-state index in [-0.39, 0.29) is 21.8 Å². The molecule has 0 amide bonds.